The van der Waals surface area contributed by atoms with Gasteiger partial charge in [0.05, 0.1) is 10.6 Å². The normalized spacial score (nSPS) is 19.9. The first-order valence-corrected chi connectivity index (χ1v) is 12.1. The molecule has 1 aliphatic carbocycles. The maximum Gasteiger partial charge on any atom is 0.218 e. The van der Waals surface area contributed by atoms with Gasteiger partial charge < -0.3 is 15.0 Å². The first-order chi connectivity index (χ1) is 14.1. The topological polar surface area (TPSA) is 84.4 Å². The number of aromatic nitrogens is 2. The van der Waals surface area contributed by atoms with E-state index in [4.69, 9.17) is 4.74 Å². The molecule has 0 atom stereocenters. The van der Waals surface area contributed by atoms with Gasteiger partial charge >= 0.3 is 0 Å². The molecule has 3 aliphatic rings. The third-order valence-corrected chi connectivity index (χ3v) is 7.82. The van der Waals surface area contributed by atoms with Gasteiger partial charge in [0.15, 0.2) is 9.84 Å². The lowest BCUT2D eigenvalue weighted by atomic mass is 10.1. The number of rotatable bonds is 6. The van der Waals surface area contributed by atoms with Crippen molar-refractivity contribution < 1.29 is 13.2 Å². The Balaban J connectivity index is 1.35. The minimum atomic E-state index is -3.19. The van der Waals surface area contributed by atoms with E-state index < -0.39 is 9.84 Å². The van der Waals surface area contributed by atoms with Gasteiger partial charge in [-0.25, -0.2) is 18.4 Å². The number of piperidine rings is 1. The Morgan fingerprint density at radius 1 is 1.10 bits per heavy atom. The predicted octanol–water partition coefficient (Wildman–Crippen LogP) is 2.49. The Morgan fingerprint density at radius 2 is 1.93 bits per heavy atom. The van der Waals surface area contributed by atoms with Crippen LogP contribution in [0.1, 0.15) is 31.2 Å². The molecule has 7 nitrogen and oxygen atoms in total. The summed E-state index contributed by atoms with van der Waals surface area (Å²) in [7, 11) is -3.19. The average Bonchev–Trinajstić information content (AvgIpc) is 3.42. The van der Waals surface area contributed by atoms with Gasteiger partial charge in [-0.15, -0.1) is 0 Å². The molecule has 0 amide bonds. The number of sulfone groups is 1. The van der Waals surface area contributed by atoms with Gasteiger partial charge in [0.1, 0.15) is 18.2 Å². The molecule has 0 unspecified atom stereocenters. The number of hydrogen-bond acceptors (Lipinski definition) is 7. The van der Waals surface area contributed by atoms with E-state index in [2.05, 4.69) is 20.2 Å². The standard InChI is InChI=1S/C21H26N4O3S/c26-29(27,13-15-1-2-15)18-3-4-19-16(11-18)7-10-25(19)20-12-21(24-14-23-20)28-17-5-8-22-9-6-17/h3-4,11-12,14-15,17,22H,1-2,5-10,13H2. The highest BCUT2D eigenvalue weighted by molar-refractivity contribution is 7.91. The summed E-state index contributed by atoms with van der Waals surface area (Å²) in [5.41, 5.74) is 2.07. The molecule has 0 spiro atoms. The van der Waals surface area contributed by atoms with E-state index in [-0.39, 0.29) is 11.9 Å². The molecule has 8 heteroatoms. The van der Waals surface area contributed by atoms with Gasteiger partial charge in [-0.2, -0.15) is 0 Å². The van der Waals surface area contributed by atoms with Crippen molar-refractivity contribution in [2.24, 2.45) is 5.92 Å². The molecular weight excluding hydrogens is 388 g/mol. The Bertz CT molecular complexity index is 1000. The molecule has 2 aromatic rings. The van der Waals surface area contributed by atoms with Gasteiger partial charge in [0.25, 0.3) is 0 Å². The summed E-state index contributed by atoms with van der Waals surface area (Å²) in [6.45, 7) is 2.70. The van der Waals surface area contributed by atoms with Crippen LogP contribution in [-0.2, 0) is 16.3 Å². The van der Waals surface area contributed by atoms with Crippen LogP contribution >= 0.6 is 0 Å². The molecule has 1 N–H and O–H groups in total. The maximum atomic E-state index is 12.6. The second kappa shape index (κ2) is 7.57. The van der Waals surface area contributed by atoms with Gasteiger partial charge in [0, 0.05) is 18.3 Å². The van der Waals surface area contributed by atoms with E-state index >= 15 is 0 Å². The molecule has 1 aromatic carbocycles. The van der Waals surface area contributed by atoms with Crippen molar-refractivity contribution in [1.82, 2.24) is 15.3 Å². The van der Waals surface area contributed by atoms with Crippen molar-refractivity contribution in [1.29, 1.82) is 0 Å². The molecule has 1 saturated heterocycles. The number of ether oxygens (including phenoxy) is 1. The summed E-state index contributed by atoms with van der Waals surface area (Å²) in [6, 6.07) is 7.38. The number of fused-ring (bicyclic) bond motifs is 1. The smallest absolute Gasteiger partial charge is 0.218 e. The lowest BCUT2D eigenvalue weighted by molar-refractivity contribution is 0.156. The van der Waals surface area contributed by atoms with Crippen LogP contribution < -0.4 is 15.0 Å². The SMILES string of the molecule is O=S(=O)(CC1CC1)c1ccc2c(c1)CCN2c1cc(OC2CCNCC2)ncn1. The van der Waals surface area contributed by atoms with Crippen LogP contribution in [0.3, 0.4) is 0 Å². The van der Waals surface area contributed by atoms with Gasteiger partial charge in [-0.3, -0.25) is 0 Å². The van der Waals surface area contributed by atoms with Crippen LogP contribution in [0.2, 0.25) is 0 Å². The lowest BCUT2D eigenvalue weighted by Gasteiger charge is -2.24. The number of benzene rings is 1. The minimum absolute atomic E-state index is 0.184. The zero-order valence-electron chi connectivity index (χ0n) is 16.4. The summed E-state index contributed by atoms with van der Waals surface area (Å²) >= 11 is 0. The molecule has 2 fully saturated rings. The third-order valence-electron chi connectivity index (χ3n) is 5.94. The molecule has 1 saturated carbocycles. The van der Waals surface area contributed by atoms with E-state index in [0.29, 0.717) is 16.7 Å². The quantitative estimate of drug-likeness (QED) is 0.777. The zero-order valence-corrected chi connectivity index (χ0v) is 17.2. The maximum absolute atomic E-state index is 12.6. The highest BCUT2D eigenvalue weighted by Gasteiger charge is 2.30. The highest BCUT2D eigenvalue weighted by Crippen LogP contribution is 2.37. The number of nitrogens with zero attached hydrogens (tertiary/aromatic N) is 3. The van der Waals surface area contributed by atoms with E-state index in [9.17, 15) is 8.42 Å². The number of anilines is 2. The second-order valence-corrected chi connectivity index (χ2v) is 10.2. The Hall–Kier alpha value is -2.19. The fourth-order valence-corrected chi connectivity index (χ4v) is 5.87. The van der Waals surface area contributed by atoms with E-state index in [1.54, 1.807) is 6.07 Å². The molecule has 3 heterocycles. The lowest BCUT2D eigenvalue weighted by Crippen LogP contribution is -2.34. The fraction of sp³-hybridized carbons (Fsp3) is 0.524. The van der Waals surface area contributed by atoms with Gasteiger partial charge in [-0.05, 0) is 74.9 Å². The molecule has 5 rings (SSSR count). The minimum Gasteiger partial charge on any atom is -0.474 e. The molecular formula is C21H26N4O3S. The molecule has 2 aliphatic heterocycles. The Kier molecular flexibility index (Phi) is 4.91. The van der Waals surface area contributed by atoms with Gasteiger partial charge in [-0.1, -0.05) is 0 Å². The molecule has 0 radical (unpaired) electrons. The third kappa shape index (κ3) is 4.09. The summed E-state index contributed by atoms with van der Waals surface area (Å²) in [4.78, 5) is 11.3. The van der Waals surface area contributed by atoms with E-state index in [0.717, 1.165) is 68.8 Å². The van der Waals surface area contributed by atoms with Crippen molar-refractivity contribution in [3.05, 3.63) is 36.2 Å². The van der Waals surface area contributed by atoms with Crippen molar-refractivity contribution in [3.63, 3.8) is 0 Å². The highest BCUT2D eigenvalue weighted by atomic mass is 32.2. The van der Waals surface area contributed by atoms with Crippen LogP contribution in [0, 0.1) is 5.92 Å². The van der Waals surface area contributed by atoms with Crippen LogP contribution in [0.4, 0.5) is 11.5 Å². The summed E-state index contributed by atoms with van der Waals surface area (Å²) in [5.74, 6) is 2.01. The van der Waals surface area contributed by atoms with Crippen LogP contribution in [-0.4, -0.2) is 49.9 Å². The number of hydrogen-bond donors (Lipinski definition) is 1. The van der Waals surface area contributed by atoms with Crippen LogP contribution in [0.5, 0.6) is 5.88 Å². The van der Waals surface area contributed by atoms with Gasteiger partial charge in [0.2, 0.25) is 5.88 Å². The average molecular weight is 415 g/mol. The first kappa shape index (κ1) is 18.8. The Morgan fingerprint density at radius 3 is 2.72 bits per heavy atom. The van der Waals surface area contributed by atoms with Crippen molar-refractivity contribution in [3.8, 4) is 5.88 Å². The molecule has 0 bridgehead atoms. The van der Waals surface area contributed by atoms with E-state index in [1.165, 1.54) is 6.33 Å². The monoisotopic (exact) mass is 414 g/mol. The van der Waals surface area contributed by atoms with Crippen LogP contribution in [0.15, 0.2) is 35.5 Å². The summed E-state index contributed by atoms with van der Waals surface area (Å²) in [6.07, 6.45) is 6.55. The van der Waals surface area contributed by atoms with E-state index in [1.807, 2.05) is 18.2 Å². The van der Waals surface area contributed by atoms with Crippen LogP contribution in [0.25, 0.3) is 0 Å². The number of nitrogens with one attached hydrogen (secondary N) is 1. The van der Waals surface area contributed by atoms with Crippen molar-refractivity contribution in [2.45, 2.75) is 43.1 Å². The van der Waals surface area contributed by atoms with Crippen molar-refractivity contribution in [2.75, 3.05) is 30.3 Å². The molecule has 154 valence electrons. The Labute approximate surface area is 171 Å². The largest absolute Gasteiger partial charge is 0.474 e. The zero-order chi connectivity index (χ0) is 19.8. The molecule has 29 heavy (non-hydrogen) atoms. The van der Waals surface area contributed by atoms with Crippen molar-refractivity contribution >= 4 is 21.3 Å². The fourth-order valence-electron chi connectivity index (χ4n) is 4.13. The summed E-state index contributed by atoms with van der Waals surface area (Å²) in [5, 5.41) is 3.33. The first-order valence-electron chi connectivity index (χ1n) is 10.4. The summed E-state index contributed by atoms with van der Waals surface area (Å²) < 4.78 is 31.3. The second-order valence-electron chi connectivity index (χ2n) is 8.20. The molecule has 1 aromatic heterocycles. The predicted molar refractivity (Wildman–Crippen MR) is 110 cm³/mol.